The molecular weight excluding hydrogens is 233 g/mol. The van der Waals surface area contributed by atoms with Gasteiger partial charge in [-0.2, -0.15) is 0 Å². The molecule has 1 amide bonds. The lowest BCUT2D eigenvalue weighted by molar-refractivity contribution is -0.119. The van der Waals surface area contributed by atoms with Crippen LogP contribution in [0, 0.1) is 5.82 Å². The highest BCUT2D eigenvalue weighted by Gasteiger charge is 2.17. The average Bonchev–Trinajstić information content (AvgIpc) is 2.35. The predicted octanol–water partition coefficient (Wildman–Crippen LogP) is 1.12. The molecule has 0 bridgehead atoms. The van der Waals surface area contributed by atoms with Crippen LogP contribution >= 0.6 is 0 Å². The van der Waals surface area contributed by atoms with Crippen LogP contribution in [-0.4, -0.2) is 31.6 Å². The third kappa shape index (κ3) is 4.00. The van der Waals surface area contributed by atoms with Crippen LogP contribution in [0.2, 0.25) is 0 Å². The van der Waals surface area contributed by atoms with Crippen molar-refractivity contribution in [1.82, 2.24) is 5.32 Å². The smallest absolute Gasteiger partial charge is 0.236 e. The van der Waals surface area contributed by atoms with E-state index in [0.29, 0.717) is 13.1 Å². The second-order valence-corrected chi connectivity index (χ2v) is 4.03. The van der Waals surface area contributed by atoms with Gasteiger partial charge in [0.1, 0.15) is 11.9 Å². The Bertz CT molecular complexity index is 380. The fourth-order valence-electron chi connectivity index (χ4n) is 1.79. The molecule has 0 aromatic heterocycles. The van der Waals surface area contributed by atoms with Crippen molar-refractivity contribution < 1.29 is 9.18 Å². The van der Waals surface area contributed by atoms with Gasteiger partial charge in [-0.3, -0.25) is 4.79 Å². The molecule has 0 aliphatic rings. The van der Waals surface area contributed by atoms with Crippen molar-refractivity contribution >= 4 is 11.6 Å². The molecule has 0 saturated heterocycles. The van der Waals surface area contributed by atoms with E-state index in [9.17, 15) is 9.18 Å². The fourth-order valence-corrected chi connectivity index (χ4v) is 1.79. The van der Waals surface area contributed by atoms with Crippen LogP contribution in [0.4, 0.5) is 10.1 Å². The molecular formula is C13H20FN3O. The van der Waals surface area contributed by atoms with E-state index < -0.39 is 6.04 Å². The Morgan fingerprint density at radius 2 is 2.00 bits per heavy atom. The zero-order valence-electron chi connectivity index (χ0n) is 10.8. The lowest BCUT2D eigenvalue weighted by atomic mass is 10.2. The minimum atomic E-state index is -0.403. The average molecular weight is 253 g/mol. The van der Waals surface area contributed by atoms with E-state index in [1.165, 1.54) is 12.1 Å². The van der Waals surface area contributed by atoms with Gasteiger partial charge in [-0.25, -0.2) is 4.39 Å². The van der Waals surface area contributed by atoms with Gasteiger partial charge < -0.3 is 16.0 Å². The number of halogens is 1. The van der Waals surface area contributed by atoms with Gasteiger partial charge in [0.25, 0.3) is 0 Å². The lowest BCUT2D eigenvalue weighted by Crippen LogP contribution is -2.49. The molecule has 1 unspecified atom stereocenters. The minimum absolute atomic E-state index is 0.270. The fraction of sp³-hybridized carbons (Fsp3) is 0.462. The second-order valence-electron chi connectivity index (χ2n) is 4.03. The predicted molar refractivity (Wildman–Crippen MR) is 70.9 cm³/mol. The third-order valence-corrected chi connectivity index (χ3v) is 2.77. The maximum Gasteiger partial charge on any atom is 0.236 e. The number of likely N-dealkylation sites (N-methyl/N-ethyl adjacent to an activating group) is 2. The molecule has 0 fully saturated rings. The van der Waals surface area contributed by atoms with Crippen LogP contribution in [-0.2, 0) is 4.79 Å². The van der Waals surface area contributed by atoms with Crippen LogP contribution in [0.5, 0.6) is 0 Å². The first-order valence-electron chi connectivity index (χ1n) is 6.11. The summed E-state index contributed by atoms with van der Waals surface area (Å²) >= 11 is 0. The molecule has 0 radical (unpaired) electrons. The Hall–Kier alpha value is -1.62. The monoisotopic (exact) mass is 253 g/mol. The molecule has 0 spiro atoms. The van der Waals surface area contributed by atoms with Gasteiger partial charge in [0.05, 0.1) is 0 Å². The molecule has 0 aliphatic carbocycles. The van der Waals surface area contributed by atoms with E-state index in [1.807, 2.05) is 18.7 Å². The maximum absolute atomic E-state index is 12.9. The van der Waals surface area contributed by atoms with Gasteiger partial charge in [0, 0.05) is 18.8 Å². The summed E-state index contributed by atoms with van der Waals surface area (Å²) in [5.41, 5.74) is 6.22. The summed E-state index contributed by atoms with van der Waals surface area (Å²) in [6.45, 7) is 5.78. The summed E-state index contributed by atoms with van der Waals surface area (Å²) in [5, 5.41) is 3.04. The minimum Gasteiger partial charge on any atom is -0.370 e. The Labute approximate surface area is 107 Å². The second kappa shape index (κ2) is 6.96. The number of anilines is 1. The Morgan fingerprint density at radius 1 is 1.39 bits per heavy atom. The lowest BCUT2D eigenvalue weighted by Gasteiger charge is -2.27. The van der Waals surface area contributed by atoms with Crippen LogP contribution in [0.25, 0.3) is 0 Å². The number of hydrogen-bond donors (Lipinski definition) is 2. The summed E-state index contributed by atoms with van der Waals surface area (Å²) in [4.78, 5) is 13.3. The van der Waals surface area contributed by atoms with Gasteiger partial charge in [-0.1, -0.05) is 6.92 Å². The van der Waals surface area contributed by atoms with Crippen molar-refractivity contribution in [1.29, 1.82) is 0 Å². The van der Waals surface area contributed by atoms with E-state index >= 15 is 0 Å². The number of benzene rings is 1. The van der Waals surface area contributed by atoms with Crippen molar-refractivity contribution in [3.63, 3.8) is 0 Å². The number of amides is 1. The van der Waals surface area contributed by atoms with E-state index in [1.54, 1.807) is 12.1 Å². The topological polar surface area (TPSA) is 58.4 Å². The molecule has 100 valence electrons. The number of nitrogens with one attached hydrogen (secondary N) is 1. The number of primary amides is 1. The summed E-state index contributed by atoms with van der Waals surface area (Å²) in [5.74, 6) is -0.648. The van der Waals surface area contributed by atoms with Crippen molar-refractivity contribution in [3.8, 4) is 0 Å². The number of hydrogen-bond acceptors (Lipinski definition) is 3. The molecule has 0 saturated carbocycles. The molecule has 0 aliphatic heterocycles. The highest BCUT2D eigenvalue weighted by molar-refractivity contribution is 5.80. The number of carbonyl (C=O) groups is 1. The molecule has 1 aromatic carbocycles. The number of nitrogens with zero attached hydrogens (tertiary/aromatic N) is 1. The number of nitrogens with two attached hydrogens (primary N) is 1. The molecule has 1 aromatic rings. The normalized spacial score (nSPS) is 12.2. The molecule has 3 N–H and O–H groups in total. The zero-order chi connectivity index (χ0) is 13.5. The van der Waals surface area contributed by atoms with Crippen LogP contribution < -0.4 is 16.0 Å². The summed E-state index contributed by atoms with van der Waals surface area (Å²) in [6, 6.07) is 5.81. The highest BCUT2D eigenvalue weighted by Crippen LogP contribution is 2.14. The molecule has 5 heteroatoms. The first-order valence-corrected chi connectivity index (χ1v) is 6.11. The van der Waals surface area contributed by atoms with E-state index in [2.05, 4.69) is 5.32 Å². The zero-order valence-corrected chi connectivity index (χ0v) is 10.8. The van der Waals surface area contributed by atoms with Crippen LogP contribution in [0.1, 0.15) is 13.8 Å². The van der Waals surface area contributed by atoms with Crippen LogP contribution in [0.3, 0.4) is 0 Å². The molecule has 0 heterocycles. The van der Waals surface area contributed by atoms with Gasteiger partial charge in [-0.05, 0) is 37.7 Å². The molecule has 1 rings (SSSR count). The van der Waals surface area contributed by atoms with Gasteiger partial charge in [0.2, 0.25) is 5.91 Å². The standard InChI is InChI=1S/C13H20FN3O/c1-3-16-12(13(15)18)9-17(4-2)11-7-5-10(14)6-8-11/h5-8,12,16H,3-4,9H2,1-2H3,(H2,15,18). The van der Waals surface area contributed by atoms with Crippen molar-refractivity contribution in [2.75, 3.05) is 24.5 Å². The summed E-state index contributed by atoms with van der Waals surface area (Å²) < 4.78 is 12.9. The molecule has 1 atom stereocenters. The van der Waals surface area contributed by atoms with E-state index in [0.717, 1.165) is 12.2 Å². The first kappa shape index (κ1) is 14.4. The van der Waals surface area contributed by atoms with Crippen LogP contribution in [0.15, 0.2) is 24.3 Å². The third-order valence-electron chi connectivity index (χ3n) is 2.77. The summed E-state index contributed by atoms with van der Waals surface area (Å²) in [6.07, 6.45) is 0. The summed E-state index contributed by atoms with van der Waals surface area (Å²) in [7, 11) is 0. The van der Waals surface area contributed by atoms with Gasteiger partial charge in [-0.15, -0.1) is 0 Å². The van der Waals surface area contributed by atoms with E-state index in [-0.39, 0.29) is 11.7 Å². The Morgan fingerprint density at radius 3 is 2.44 bits per heavy atom. The molecule has 4 nitrogen and oxygen atoms in total. The Balaban J connectivity index is 2.76. The van der Waals surface area contributed by atoms with Gasteiger partial charge in [0.15, 0.2) is 0 Å². The SMILES string of the molecule is CCNC(CN(CC)c1ccc(F)cc1)C(N)=O. The van der Waals surface area contributed by atoms with Crippen molar-refractivity contribution in [3.05, 3.63) is 30.1 Å². The van der Waals surface area contributed by atoms with Gasteiger partial charge >= 0.3 is 0 Å². The highest BCUT2D eigenvalue weighted by atomic mass is 19.1. The van der Waals surface area contributed by atoms with Crippen molar-refractivity contribution in [2.45, 2.75) is 19.9 Å². The first-order chi connectivity index (χ1) is 8.58. The number of rotatable bonds is 7. The van der Waals surface area contributed by atoms with Crippen molar-refractivity contribution in [2.24, 2.45) is 5.73 Å². The largest absolute Gasteiger partial charge is 0.370 e. The number of carbonyl (C=O) groups excluding carboxylic acids is 1. The molecule has 18 heavy (non-hydrogen) atoms. The quantitative estimate of drug-likeness (QED) is 0.765. The van der Waals surface area contributed by atoms with E-state index in [4.69, 9.17) is 5.73 Å². The maximum atomic E-state index is 12.9. The Kier molecular flexibility index (Phi) is 5.58.